The number of pyridine rings is 1. The Labute approximate surface area is 79.3 Å². The zero-order valence-electron chi connectivity index (χ0n) is 6.57. The lowest BCUT2D eigenvalue weighted by molar-refractivity contribution is 0.436. The van der Waals surface area contributed by atoms with E-state index in [0.29, 0.717) is 16.6 Å². The third kappa shape index (κ3) is 1.48. The number of aromatic nitrogens is 2. The SMILES string of the molecule is Nc1cc(-c2ccncc2Cl)on1. The maximum atomic E-state index is 5.88. The molecule has 0 fully saturated rings. The highest BCUT2D eigenvalue weighted by atomic mass is 35.5. The van der Waals surface area contributed by atoms with Crippen LogP contribution in [0.4, 0.5) is 5.82 Å². The van der Waals surface area contributed by atoms with Crippen molar-refractivity contribution in [2.45, 2.75) is 0 Å². The van der Waals surface area contributed by atoms with Crippen LogP contribution < -0.4 is 5.73 Å². The standard InChI is InChI=1S/C8H6ClN3O/c9-6-4-11-2-1-5(6)7-3-8(10)12-13-7/h1-4H,(H2,10,12). The summed E-state index contributed by atoms with van der Waals surface area (Å²) >= 11 is 5.88. The van der Waals surface area contributed by atoms with Crippen LogP contribution in [0.15, 0.2) is 29.0 Å². The molecule has 0 aliphatic heterocycles. The Bertz CT molecular complexity index is 427. The number of anilines is 1. The fourth-order valence-corrected chi connectivity index (χ4v) is 1.20. The lowest BCUT2D eigenvalue weighted by Gasteiger charge is -1.95. The molecule has 13 heavy (non-hydrogen) atoms. The average Bonchev–Trinajstić information content (AvgIpc) is 2.53. The molecular formula is C8H6ClN3O. The van der Waals surface area contributed by atoms with Crippen molar-refractivity contribution in [2.24, 2.45) is 0 Å². The fourth-order valence-electron chi connectivity index (χ4n) is 0.991. The van der Waals surface area contributed by atoms with Crippen LogP contribution in [0.1, 0.15) is 0 Å². The van der Waals surface area contributed by atoms with Gasteiger partial charge in [0.05, 0.1) is 5.02 Å². The highest BCUT2D eigenvalue weighted by Gasteiger charge is 2.07. The molecule has 0 saturated carbocycles. The van der Waals surface area contributed by atoms with Gasteiger partial charge >= 0.3 is 0 Å². The minimum Gasteiger partial charge on any atom is -0.381 e. The van der Waals surface area contributed by atoms with Gasteiger partial charge in [-0.15, -0.1) is 0 Å². The van der Waals surface area contributed by atoms with E-state index in [1.807, 2.05) is 0 Å². The molecule has 2 N–H and O–H groups in total. The first-order valence-corrected chi connectivity index (χ1v) is 3.97. The molecule has 4 nitrogen and oxygen atoms in total. The minimum atomic E-state index is 0.336. The zero-order valence-corrected chi connectivity index (χ0v) is 7.32. The molecule has 0 spiro atoms. The van der Waals surface area contributed by atoms with Crippen molar-refractivity contribution in [3.05, 3.63) is 29.5 Å². The largest absolute Gasteiger partial charge is 0.381 e. The van der Waals surface area contributed by atoms with E-state index in [4.69, 9.17) is 21.9 Å². The molecule has 0 aliphatic rings. The van der Waals surface area contributed by atoms with Crippen LogP contribution in [0.3, 0.4) is 0 Å². The van der Waals surface area contributed by atoms with Crippen LogP contribution in [-0.2, 0) is 0 Å². The molecule has 0 bridgehead atoms. The summed E-state index contributed by atoms with van der Waals surface area (Å²) in [5.41, 5.74) is 6.14. The number of rotatable bonds is 1. The molecule has 0 unspecified atom stereocenters. The van der Waals surface area contributed by atoms with E-state index in [2.05, 4.69) is 10.1 Å². The summed E-state index contributed by atoms with van der Waals surface area (Å²) in [6.45, 7) is 0. The second-order valence-electron chi connectivity index (χ2n) is 2.47. The number of nitrogens with two attached hydrogens (primary N) is 1. The molecule has 0 amide bonds. The first-order valence-electron chi connectivity index (χ1n) is 3.59. The van der Waals surface area contributed by atoms with Gasteiger partial charge in [-0.05, 0) is 6.07 Å². The van der Waals surface area contributed by atoms with E-state index in [1.165, 1.54) is 6.20 Å². The van der Waals surface area contributed by atoms with E-state index in [9.17, 15) is 0 Å². The molecule has 2 heterocycles. The molecular weight excluding hydrogens is 190 g/mol. The molecule has 2 aromatic rings. The summed E-state index contributed by atoms with van der Waals surface area (Å²) in [5, 5.41) is 4.07. The van der Waals surface area contributed by atoms with Gasteiger partial charge in [0.2, 0.25) is 0 Å². The number of hydrogen-bond donors (Lipinski definition) is 1. The van der Waals surface area contributed by atoms with Crippen LogP contribution in [0.25, 0.3) is 11.3 Å². The molecule has 0 radical (unpaired) electrons. The van der Waals surface area contributed by atoms with E-state index in [1.54, 1.807) is 18.3 Å². The van der Waals surface area contributed by atoms with Crippen LogP contribution in [0.5, 0.6) is 0 Å². The maximum Gasteiger partial charge on any atom is 0.170 e. The Balaban J connectivity index is 2.52. The lowest BCUT2D eigenvalue weighted by Crippen LogP contribution is -1.80. The predicted octanol–water partition coefficient (Wildman–Crippen LogP) is 1.97. The molecule has 5 heteroatoms. The van der Waals surface area contributed by atoms with Gasteiger partial charge in [-0.3, -0.25) is 4.98 Å². The fraction of sp³-hybridized carbons (Fsp3) is 0. The van der Waals surface area contributed by atoms with Crippen molar-refractivity contribution in [3.63, 3.8) is 0 Å². The quantitative estimate of drug-likeness (QED) is 0.756. The van der Waals surface area contributed by atoms with Crippen LogP contribution >= 0.6 is 11.6 Å². The Hall–Kier alpha value is -1.55. The van der Waals surface area contributed by atoms with Crippen molar-refractivity contribution in [1.82, 2.24) is 10.1 Å². The molecule has 0 aromatic carbocycles. The second kappa shape index (κ2) is 3.06. The first-order chi connectivity index (χ1) is 6.27. The van der Waals surface area contributed by atoms with Crippen molar-refractivity contribution in [1.29, 1.82) is 0 Å². The summed E-state index contributed by atoms with van der Waals surface area (Å²) in [6, 6.07) is 3.35. The summed E-state index contributed by atoms with van der Waals surface area (Å²) in [7, 11) is 0. The van der Waals surface area contributed by atoms with Crippen LogP contribution in [-0.4, -0.2) is 10.1 Å². The molecule has 2 rings (SSSR count). The average molecular weight is 196 g/mol. The molecule has 66 valence electrons. The third-order valence-corrected chi connectivity index (χ3v) is 1.87. The summed E-state index contributed by atoms with van der Waals surface area (Å²) in [6.07, 6.45) is 3.16. The highest BCUT2D eigenvalue weighted by Crippen LogP contribution is 2.27. The molecule has 0 atom stereocenters. The normalized spacial score (nSPS) is 10.2. The van der Waals surface area contributed by atoms with Crippen molar-refractivity contribution < 1.29 is 4.52 Å². The number of nitrogen functional groups attached to an aromatic ring is 1. The van der Waals surface area contributed by atoms with Gasteiger partial charge < -0.3 is 10.3 Å². The lowest BCUT2D eigenvalue weighted by atomic mass is 10.2. The van der Waals surface area contributed by atoms with Gasteiger partial charge in [0.25, 0.3) is 0 Å². The van der Waals surface area contributed by atoms with E-state index in [0.717, 1.165) is 5.56 Å². The van der Waals surface area contributed by atoms with Gasteiger partial charge in [-0.25, -0.2) is 0 Å². The van der Waals surface area contributed by atoms with Crippen molar-refractivity contribution in [3.8, 4) is 11.3 Å². The first kappa shape index (κ1) is 8.07. The topological polar surface area (TPSA) is 64.9 Å². The van der Waals surface area contributed by atoms with Gasteiger partial charge in [-0.2, -0.15) is 0 Å². The van der Waals surface area contributed by atoms with Crippen LogP contribution in [0, 0.1) is 0 Å². The third-order valence-electron chi connectivity index (χ3n) is 1.57. The van der Waals surface area contributed by atoms with E-state index in [-0.39, 0.29) is 0 Å². The maximum absolute atomic E-state index is 5.88. The van der Waals surface area contributed by atoms with Crippen LogP contribution in [0.2, 0.25) is 5.02 Å². The second-order valence-corrected chi connectivity index (χ2v) is 2.88. The number of hydrogen-bond acceptors (Lipinski definition) is 4. The van der Waals surface area contributed by atoms with E-state index < -0.39 is 0 Å². The highest BCUT2D eigenvalue weighted by molar-refractivity contribution is 6.33. The predicted molar refractivity (Wildman–Crippen MR) is 49.2 cm³/mol. The zero-order chi connectivity index (χ0) is 9.26. The Morgan fingerprint density at radius 3 is 2.92 bits per heavy atom. The van der Waals surface area contributed by atoms with Gasteiger partial charge in [0, 0.05) is 24.0 Å². The molecule has 0 aliphatic carbocycles. The van der Waals surface area contributed by atoms with Gasteiger partial charge in [-0.1, -0.05) is 16.8 Å². The summed E-state index contributed by atoms with van der Waals surface area (Å²) in [5.74, 6) is 0.882. The summed E-state index contributed by atoms with van der Waals surface area (Å²) < 4.78 is 4.94. The number of halogens is 1. The Morgan fingerprint density at radius 1 is 1.46 bits per heavy atom. The van der Waals surface area contributed by atoms with Gasteiger partial charge in [0.15, 0.2) is 11.6 Å². The minimum absolute atomic E-state index is 0.336. The van der Waals surface area contributed by atoms with E-state index >= 15 is 0 Å². The van der Waals surface area contributed by atoms with Crippen molar-refractivity contribution in [2.75, 3.05) is 5.73 Å². The monoisotopic (exact) mass is 195 g/mol. The van der Waals surface area contributed by atoms with Crippen molar-refractivity contribution >= 4 is 17.4 Å². The molecule has 2 aromatic heterocycles. The smallest absolute Gasteiger partial charge is 0.170 e. The Kier molecular flexibility index (Phi) is 1.90. The van der Waals surface area contributed by atoms with Gasteiger partial charge in [0.1, 0.15) is 0 Å². The summed E-state index contributed by atoms with van der Waals surface area (Å²) in [4.78, 5) is 3.85. The molecule has 0 saturated heterocycles. The number of nitrogens with zero attached hydrogens (tertiary/aromatic N) is 2. The Morgan fingerprint density at radius 2 is 2.31 bits per heavy atom.